The molecule has 0 amide bonds. The van der Waals surface area contributed by atoms with Gasteiger partial charge in [-0.15, -0.1) is 0 Å². The minimum atomic E-state index is -0.328. The van der Waals surface area contributed by atoms with E-state index < -0.39 is 0 Å². The summed E-state index contributed by atoms with van der Waals surface area (Å²) in [4.78, 5) is 11.9. The molecule has 1 fully saturated rings. The van der Waals surface area contributed by atoms with Crippen molar-refractivity contribution in [3.63, 3.8) is 0 Å². The van der Waals surface area contributed by atoms with E-state index in [0.29, 0.717) is 0 Å². The van der Waals surface area contributed by atoms with Gasteiger partial charge in [0.05, 0.1) is 11.5 Å². The van der Waals surface area contributed by atoms with Gasteiger partial charge in [0, 0.05) is 0 Å². The van der Waals surface area contributed by atoms with Crippen molar-refractivity contribution in [1.82, 2.24) is 0 Å². The summed E-state index contributed by atoms with van der Waals surface area (Å²) in [5, 5.41) is 0. The summed E-state index contributed by atoms with van der Waals surface area (Å²) in [6.07, 6.45) is 1.81. The lowest BCUT2D eigenvalue weighted by Crippen LogP contribution is -2.25. The highest BCUT2D eigenvalue weighted by Gasteiger charge is 2.52. The molecule has 0 unspecified atom stereocenters. The first-order valence-corrected chi connectivity index (χ1v) is 5.42. The first-order valence-electron chi connectivity index (χ1n) is 5.42. The van der Waals surface area contributed by atoms with E-state index in [1.54, 1.807) is 0 Å². The van der Waals surface area contributed by atoms with Crippen LogP contribution in [0.4, 0.5) is 0 Å². The molecule has 80 valence electrons. The molecule has 1 aromatic carbocycles. The van der Waals surface area contributed by atoms with E-state index in [0.717, 1.165) is 18.4 Å². The van der Waals surface area contributed by atoms with Gasteiger partial charge in [0.15, 0.2) is 0 Å². The summed E-state index contributed by atoms with van der Waals surface area (Å²) in [5.74, 6) is -0.0660. The zero-order valence-electron chi connectivity index (χ0n) is 9.19. The number of hydrogen-bond donors (Lipinski definition) is 0. The van der Waals surface area contributed by atoms with Crippen LogP contribution in [0, 0.1) is 0 Å². The molecule has 0 aliphatic heterocycles. The topological polar surface area (TPSA) is 26.3 Å². The van der Waals surface area contributed by atoms with Gasteiger partial charge in [-0.25, -0.2) is 0 Å². The summed E-state index contributed by atoms with van der Waals surface area (Å²) in [6, 6.07) is 9.92. The molecular weight excluding hydrogens is 188 g/mol. The lowest BCUT2D eigenvalue weighted by molar-refractivity contribution is -0.150. The molecule has 0 heterocycles. The van der Waals surface area contributed by atoms with Crippen molar-refractivity contribution >= 4 is 5.97 Å². The fourth-order valence-corrected chi connectivity index (χ4v) is 1.82. The molecule has 0 atom stereocenters. The predicted molar refractivity (Wildman–Crippen MR) is 58.6 cm³/mol. The molecule has 0 aromatic heterocycles. The molecule has 2 nitrogen and oxygen atoms in total. The van der Waals surface area contributed by atoms with Crippen LogP contribution in [0.1, 0.15) is 32.3 Å². The number of ether oxygens (including phenoxy) is 1. The predicted octanol–water partition coefficient (Wildman–Crippen LogP) is 2.67. The van der Waals surface area contributed by atoms with Crippen molar-refractivity contribution in [3.8, 4) is 0 Å². The molecule has 0 bridgehead atoms. The Morgan fingerprint density at radius 3 is 2.33 bits per heavy atom. The summed E-state index contributed by atoms with van der Waals surface area (Å²) in [7, 11) is 0. The normalized spacial score (nSPS) is 17.5. The molecule has 0 radical (unpaired) electrons. The number of esters is 1. The second-order valence-electron chi connectivity index (χ2n) is 4.40. The zero-order valence-corrected chi connectivity index (χ0v) is 9.19. The summed E-state index contributed by atoms with van der Waals surface area (Å²) in [6.45, 7) is 3.78. The third-order valence-corrected chi connectivity index (χ3v) is 2.81. The minimum absolute atomic E-state index is 0.0290. The van der Waals surface area contributed by atoms with Gasteiger partial charge >= 0.3 is 5.97 Å². The van der Waals surface area contributed by atoms with Crippen LogP contribution >= 0.6 is 0 Å². The van der Waals surface area contributed by atoms with Gasteiger partial charge < -0.3 is 4.74 Å². The summed E-state index contributed by atoms with van der Waals surface area (Å²) < 4.78 is 5.29. The monoisotopic (exact) mass is 204 g/mol. The Balaban J connectivity index is 2.18. The second-order valence-corrected chi connectivity index (χ2v) is 4.40. The molecule has 1 aliphatic carbocycles. The van der Waals surface area contributed by atoms with Gasteiger partial charge in [0.2, 0.25) is 0 Å². The molecule has 1 aromatic rings. The molecular formula is C13H16O2. The van der Waals surface area contributed by atoms with Crippen LogP contribution in [-0.2, 0) is 14.9 Å². The smallest absolute Gasteiger partial charge is 0.316 e. The van der Waals surface area contributed by atoms with E-state index in [9.17, 15) is 4.79 Å². The average Bonchev–Trinajstić information content (AvgIpc) is 2.99. The van der Waals surface area contributed by atoms with Gasteiger partial charge in [-0.05, 0) is 32.3 Å². The fraction of sp³-hybridized carbons (Fsp3) is 0.462. The van der Waals surface area contributed by atoms with E-state index in [4.69, 9.17) is 4.74 Å². The molecule has 0 N–H and O–H groups in total. The Morgan fingerprint density at radius 1 is 1.27 bits per heavy atom. The first-order chi connectivity index (χ1) is 7.15. The van der Waals surface area contributed by atoms with Crippen molar-refractivity contribution < 1.29 is 9.53 Å². The van der Waals surface area contributed by atoms with Crippen LogP contribution in [0.3, 0.4) is 0 Å². The molecule has 1 aliphatic rings. The average molecular weight is 204 g/mol. The molecule has 2 heteroatoms. The number of hydrogen-bond acceptors (Lipinski definition) is 2. The van der Waals surface area contributed by atoms with E-state index in [1.807, 2.05) is 44.2 Å². The van der Waals surface area contributed by atoms with E-state index >= 15 is 0 Å². The number of benzene rings is 1. The minimum Gasteiger partial charge on any atom is -0.462 e. The van der Waals surface area contributed by atoms with Crippen LogP contribution < -0.4 is 0 Å². The van der Waals surface area contributed by atoms with E-state index in [-0.39, 0.29) is 17.5 Å². The van der Waals surface area contributed by atoms with Gasteiger partial charge in [-0.3, -0.25) is 4.79 Å². The standard InChI is InChI=1S/C13H16O2/c1-10(2)15-12(14)13(8-9-13)11-6-4-3-5-7-11/h3-7,10H,8-9H2,1-2H3. The second kappa shape index (κ2) is 3.69. The first kappa shape index (κ1) is 10.2. The zero-order chi connectivity index (χ0) is 10.9. The van der Waals surface area contributed by atoms with Crippen LogP contribution in [0.15, 0.2) is 30.3 Å². The van der Waals surface area contributed by atoms with E-state index in [2.05, 4.69) is 0 Å². The van der Waals surface area contributed by atoms with Crippen LogP contribution in [-0.4, -0.2) is 12.1 Å². The lowest BCUT2D eigenvalue weighted by Gasteiger charge is -2.16. The lowest BCUT2D eigenvalue weighted by atomic mass is 9.96. The maximum Gasteiger partial charge on any atom is 0.316 e. The van der Waals surface area contributed by atoms with Gasteiger partial charge in [-0.2, -0.15) is 0 Å². The Bertz CT molecular complexity index is 350. The van der Waals surface area contributed by atoms with E-state index in [1.165, 1.54) is 0 Å². The summed E-state index contributed by atoms with van der Waals surface area (Å²) in [5.41, 5.74) is 0.765. The SMILES string of the molecule is CC(C)OC(=O)C1(c2ccccc2)CC1. The van der Waals surface area contributed by atoms with Gasteiger partial charge in [0.1, 0.15) is 0 Å². The molecule has 15 heavy (non-hydrogen) atoms. The highest BCUT2D eigenvalue weighted by atomic mass is 16.5. The Morgan fingerprint density at radius 2 is 1.87 bits per heavy atom. The Hall–Kier alpha value is -1.31. The third-order valence-electron chi connectivity index (χ3n) is 2.81. The number of carbonyl (C=O) groups is 1. The molecule has 0 saturated heterocycles. The van der Waals surface area contributed by atoms with Crippen molar-refractivity contribution in [2.45, 2.75) is 38.2 Å². The van der Waals surface area contributed by atoms with Crippen molar-refractivity contribution in [2.24, 2.45) is 0 Å². The Labute approximate surface area is 90.3 Å². The van der Waals surface area contributed by atoms with Crippen LogP contribution in [0.25, 0.3) is 0 Å². The maximum atomic E-state index is 11.9. The Kier molecular flexibility index (Phi) is 2.51. The number of rotatable bonds is 3. The highest BCUT2D eigenvalue weighted by Crippen LogP contribution is 2.49. The van der Waals surface area contributed by atoms with Crippen molar-refractivity contribution in [2.75, 3.05) is 0 Å². The highest BCUT2D eigenvalue weighted by molar-refractivity contribution is 5.86. The quantitative estimate of drug-likeness (QED) is 0.707. The van der Waals surface area contributed by atoms with Crippen molar-refractivity contribution in [3.05, 3.63) is 35.9 Å². The largest absolute Gasteiger partial charge is 0.462 e. The maximum absolute atomic E-state index is 11.9. The molecule has 2 rings (SSSR count). The van der Waals surface area contributed by atoms with Gasteiger partial charge in [-0.1, -0.05) is 30.3 Å². The van der Waals surface area contributed by atoms with Crippen LogP contribution in [0.5, 0.6) is 0 Å². The third kappa shape index (κ3) is 1.89. The van der Waals surface area contributed by atoms with Crippen molar-refractivity contribution in [1.29, 1.82) is 0 Å². The fourth-order valence-electron chi connectivity index (χ4n) is 1.82. The number of carbonyl (C=O) groups excluding carboxylic acids is 1. The summed E-state index contributed by atoms with van der Waals surface area (Å²) >= 11 is 0. The van der Waals surface area contributed by atoms with Crippen LogP contribution in [0.2, 0.25) is 0 Å². The van der Waals surface area contributed by atoms with Gasteiger partial charge in [0.25, 0.3) is 0 Å². The molecule has 1 saturated carbocycles. The molecule has 0 spiro atoms.